The second-order valence-corrected chi connectivity index (χ2v) is 5.76. The van der Waals surface area contributed by atoms with Gasteiger partial charge < -0.3 is 5.73 Å². The maximum atomic E-state index is 8.88. The Kier molecular flexibility index (Phi) is 5.93. The van der Waals surface area contributed by atoms with Gasteiger partial charge >= 0.3 is 0 Å². The summed E-state index contributed by atoms with van der Waals surface area (Å²) in [6.07, 6.45) is 0. The van der Waals surface area contributed by atoms with E-state index >= 15 is 0 Å². The Balaban J connectivity index is 2.80. The molecular formula is C12H18ClN3S. The van der Waals surface area contributed by atoms with Gasteiger partial charge in [-0.1, -0.05) is 18.5 Å². The fourth-order valence-electron chi connectivity index (χ4n) is 1.82. The molecule has 2 unspecified atom stereocenters. The van der Waals surface area contributed by atoms with E-state index in [0.717, 1.165) is 17.4 Å². The fourth-order valence-corrected chi connectivity index (χ4v) is 3.03. The first-order valence-electron chi connectivity index (χ1n) is 5.71. The first-order chi connectivity index (χ1) is 8.12. The van der Waals surface area contributed by atoms with Crippen LogP contribution in [0.5, 0.6) is 0 Å². The summed E-state index contributed by atoms with van der Waals surface area (Å²) in [4.78, 5) is 3.40. The van der Waals surface area contributed by atoms with Crippen molar-refractivity contribution >= 4 is 22.9 Å². The molecule has 1 rings (SSSR count). The van der Waals surface area contributed by atoms with Crippen molar-refractivity contribution in [1.82, 2.24) is 4.90 Å². The van der Waals surface area contributed by atoms with Crippen LogP contribution in [0.4, 0.5) is 0 Å². The molecule has 0 aliphatic carbocycles. The molecule has 0 aliphatic rings. The molecule has 0 saturated heterocycles. The fraction of sp³-hybridized carbons (Fsp3) is 0.583. The molecule has 3 nitrogen and oxygen atoms in total. The average Bonchev–Trinajstić information content (AvgIpc) is 2.75. The van der Waals surface area contributed by atoms with Crippen LogP contribution < -0.4 is 5.73 Å². The third-order valence-corrected chi connectivity index (χ3v) is 4.05. The molecule has 5 heteroatoms. The van der Waals surface area contributed by atoms with Crippen LogP contribution in [0.25, 0.3) is 0 Å². The summed E-state index contributed by atoms with van der Waals surface area (Å²) in [5, 5.41) is 8.88. The minimum Gasteiger partial charge on any atom is -0.329 e. The number of halogens is 1. The summed E-state index contributed by atoms with van der Waals surface area (Å²) >= 11 is 7.51. The van der Waals surface area contributed by atoms with E-state index in [2.05, 4.69) is 17.9 Å². The Morgan fingerprint density at radius 3 is 2.71 bits per heavy atom. The predicted octanol–water partition coefficient (Wildman–Crippen LogP) is 2.88. The normalized spacial score (nSPS) is 14.6. The van der Waals surface area contributed by atoms with E-state index in [0.29, 0.717) is 6.54 Å². The van der Waals surface area contributed by atoms with Crippen molar-refractivity contribution in [3.05, 3.63) is 21.3 Å². The van der Waals surface area contributed by atoms with Gasteiger partial charge in [0.2, 0.25) is 0 Å². The van der Waals surface area contributed by atoms with Crippen molar-refractivity contribution in [3.63, 3.8) is 0 Å². The number of nitrogens with two attached hydrogens (primary N) is 1. The molecule has 0 radical (unpaired) electrons. The maximum Gasteiger partial charge on any atom is 0.0931 e. The first-order valence-corrected chi connectivity index (χ1v) is 6.90. The third-order valence-electron chi connectivity index (χ3n) is 2.72. The van der Waals surface area contributed by atoms with E-state index in [4.69, 9.17) is 22.6 Å². The molecule has 1 heterocycles. The molecule has 2 N–H and O–H groups in total. The van der Waals surface area contributed by atoms with E-state index in [9.17, 15) is 0 Å². The Hall–Kier alpha value is -0.600. The van der Waals surface area contributed by atoms with Gasteiger partial charge in [-0.3, -0.25) is 4.90 Å². The Labute approximate surface area is 112 Å². The first kappa shape index (κ1) is 14.5. The predicted molar refractivity (Wildman–Crippen MR) is 73.1 cm³/mol. The van der Waals surface area contributed by atoms with E-state index in [-0.39, 0.29) is 12.0 Å². The lowest BCUT2D eigenvalue weighted by atomic mass is 10.1. The monoisotopic (exact) mass is 271 g/mol. The molecule has 17 heavy (non-hydrogen) atoms. The van der Waals surface area contributed by atoms with Gasteiger partial charge in [-0.15, -0.1) is 11.3 Å². The zero-order valence-electron chi connectivity index (χ0n) is 10.2. The highest BCUT2D eigenvalue weighted by Gasteiger charge is 2.20. The van der Waals surface area contributed by atoms with Crippen molar-refractivity contribution < 1.29 is 0 Å². The van der Waals surface area contributed by atoms with Crippen LogP contribution in [-0.4, -0.2) is 24.5 Å². The zero-order chi connectivity index (χ0) is 12.8. The number of hydrogen-bond donors (Lipinski definition) is 1. The SMILES string of the molecule is CCN(CC(C)C#N)C(CN)c1ccc(Cl)s1. The largest absolute Gasteiger partial charge is 0.329 e. The van der Waals surface area contributed by atoms with Crippen LogP contribution in [0.1, 0.15) is 24.8 Å². The number of likely N-dealkylation sites (N-methyl/N-ethyl adjacent to an activating group) is 1. The van der Waals surface area contributed by atoms with Crippen molar-refractivity contribution in [2.24, 2.45) is 11.7 Å². The van der Waals surface area contributed by atoms with Gasteiger partial charge in [0.25, 0.3) is 0 Å². The lowest BCUT2D eigenvalue weighted by molar-refractivity contribution is 0.200. The van der Waals surface area contributed by atoms with Gasteiger partial charge in [-0.2, -0.15) is 5.26 Å². The molecular weight excluding hydrogens is 254 g/mol. The van der Waals surface area contributed by atoms with Crippen LogP contribution >= 0.6 is 22.9 Å². The van der Waals surface area contributed by atoms with Gasteiger partial charge in [-0.05, 0) is 25.6 Å². The number of thiophene rings is 1. The minimum atomic E-state index is 0.0134. The highest BCUT2D eigenvalue weighted by Crippen LogP contribution is 2.30. The van der Waals surface area contributed by atoms with Crippen LogP contribution in [0.15, 0.2) is 12.1 Å². The summed E-state index contributed by atoms with van der Waals surface area (Å²) in [5.74, 6) is 0.0134. The quantitative estimate of drug-likeness (QED) is 0.866. The molecule has 0 saturated carbocycles. The van der Waals surface area contributed by atoms with Crippen LogP contribution in [0, 0.1) is 17.2 Å². The highest BCUT2D eigenvalue weighted by molar-refractivity contribution is 7.16. The molecule has 0 bridgehead atoms. The summed E-state index contributed by atoms with van der Waals surface area (Å²) in [5.41, 5.74) is 5.85. The van der Waals surface area contributed by atoms with Crippen LogP contribution in [-0.2, 0) is 0 Å². The van der Waals surface area contributed by atoms with Crippen molar-refractivity contribution in [1.29, 1.82) is 5.26 Å². The zero-order valence-corrected chi connectivity index (χ0v) is 11.8. The Bertz CT molecular complexity index is 385. The summed E-state index contributed by atoms with van der Waals surface area (Å²) < 4.78 is 0.780. The van der Waals surface area contributed by atoms with E-state index in [1.165, 1.54) is 4.88 Å². The topological polar surface area (TPSA) is 53.0 Å². The third kappa shape index (κ3) is 3.97. The lowest BCUT2D eigenvalue weighted by Gasteiger charge is -2.29. The van der Waals surface area contributed by atoms with Crippen molar-refractivity contribution in [2.75, 3.05) is 19.6 Å². The highest BCUT2D eigenvalue weighted by atomic mass is 35.5. The van der Waals surface area contributed by atoms with Crippen molar-refractivity contribution in [2.45, 2.75) is 19.9 Å². The molecule has 2 atom stereocenters. The van der Waals surface area contributed by atoms with Gasteiger partial charge in [0, 0.05) is 18.0 Å². The van der Waals surface area contributed by atoms with E-state index in [1.807, 2.05) is 19.1 Å². The van der Waals surface area contributed by atoms with Crippen molar-refractivity contribution in [3.8, 4) is 6.07 Å². The second kappa shape index (κ2) is 6.97. The van der Waals surface area contributed by atoms with Gasteiger partial charge in [0.1, 0.15) is 0 Å². The molecule has 0 fully saturated rings. The van der Waals surface area contributed by atoms with Crippen LogP contribution in [0.2, 0.25) is 4.34 Å². The lowest BCUT2D eigenvalue weighted by Crippen LogP contribution is -2.36. The Morgan fingerprint density at radius 1 is 1.59 bits per heavy atom. The van der Waals surface area contributed by atoms with Gasteiger partial charge in [0.05, 0.1) is 22.4 Å². The maximum absolute atomic E-state index is 8.88. The summed E-state index contributed by atoms with van der Waals surface area (Å²) in [6, 6.07) is 6.33. The molecule has 94 valence electrons. The number of hydrogen-bond acceptors (Lipinski definition) is 4. The van der Waals surface area contributed by atoms with Gasteiger partial charge in [0.15, 0.2) is 0 Å². The van der Waals surface area contributed by atoms with E-state index < -0.39 is 0 Å². The molecule has 1 aromatic rings. The van der Waals surface area contributed by atoms with Gasteiger partial charge in [-0.25, -0.2) is 0 Å². The average molecular weight is 272 g/mol. The smallest absolute Gasteiger partial charge is 0.0931 e. The molecule has 0 aromatic carbocycles. The summed E-state index contributed by atoms with van der Waals surface area (Å²) in [6.45, 7) is 6.18. The number of rotatable bonds is 6. The minimum absolute atomic E-state index is 0.0134. The molecule has 0 amide bonds. The number of nitrogens with zero attached hydrogens (tertiary/aromatic N) is 2. The molecule has 0 aliphatic heterocycles. The molecule has 1 aromatic heterocycles. The molecule has 0 spiro atoms. The number of nitriles is 1. The Morgan fingerprint density at radius 2 is 2.29 bits per heavy atom. The standard InChI is InChI=1S/C12H18ClN3S/c1-3-16(8-9(2)6-14)10(7-15)11-4-5-12(13)17-11/h4-5,9-10H,3,7-8,15H2,1-2H3. The summed E-state index contributed by atoms with van der Waals surface area (Å²) in [7, 11) is 0. The second-order valence-electron chi connectivity index (χ2n) is 4.01. The van der Waals surface area contributed by atoms with E-state index in [1.54, 1.807) is 11.3 Å². The van der Waals surface area contributed by atoms with Crippen LogP contribution in [0.3, 0.4) is 0 Å².